The van der Waals surface area contributed by atoms with E-state index < -0.39 is 53.8 Å². The van der Waals surface area contributed by atoms with E-state index >= 15 is 0 Å². The Morgan fingerprint density at radius 3 is 2.27 bits per heavy atom. The largest absolute Gasteiger partial charge is 0.481 e. The van der Waals surface area contributed by atoms with Gasteiger partial charge in [0.1, 0.15) is 18.1 Å². The van der Waals surface area contributed by atoms with Gasteiger partial charge in [-0.05, 0) is 38.5 Å². The number of hydrogen-bond donors (Lipinski definition) is 5. The van der Waals surface area contributed by atoms with E-state index in [2.05, 4.69) is 10.6 Å². The molecule has 1 rings (SSSR count). The van der Waals surface area contributed by atoms with E-state index in [0.29, 0.717) is 25.8 Å². The number of carbonyl (C=O) groups is 5. The molecule has 0 saturated carbocycles. The van der Waals surface area contributed by atoms with E-state index in [0.717, 1.165) is 0 Å². The van der Waals surface area contributed by atoms with Crippen molar-refractivity contribution in [2.45, 2.75) is 77.0 Å². The number of likely N-dealkylation sites (tertiary alicyclic amines) is 1. The van der Waals surface area contributed by atoms with Crippen LogP contribution in [0.4, 0.5) is 0 Å². The third-order valence-electron chi connectivity index (χ3n) is 4.90. The Bertz CT molecular complexity index is 667. The van der Waals surface area contributed by atoms with Crippen molar-refractivity contribution >= 4 is 29.7 Å². The van der Waals surface area contributed by atoms with Crippen LogP contribution in [-0.2, 0) is 24.0 Å². The highest BCUT2D eigenvalue weighted by atomic mass is 16.4. The minimum absolute atomic E-state index is 0.0522. The van der Waals surface area contributed by atoms with Crippen LogP contribution < -0.4 is 16.4 Å². The molecular formula is C19H32N4O7. The fraction of sp³-hybridized carbons (Fsp3) is 0.737. The van der Waals surface area contributed by atoms with E-state index in [1.54, 1.807) is 0 Å². The lowest BCUT2D eigenvalue weighted by atomic mass is 10.0. The Kier molecular flexibility index (Phi) is 9.70. The fourth-order valence-electron chi connectivity index (χ4n) is 3.26. The van der Waals surface area contributed by atoms with Gasteiger partial charge in [-0.25, -0.2) is 0 Å². The zero-order valence-electron chi connectivity index (χ0n) is 17.6. The fourth-order valence-corrected chi connectivity index (χ4v) is 3.26. The molecule has 0 aromatic heterocycles. The second kappa shape index (κ2) is 11.5. The van der Waals surface area contributed by atoms with Gasteiger partial charge >= 0.3 is 11.9 Å². The standard InChI is InChI=1S/C19H32N4O7/c1-10(2)9-13(22-16(26)12(20)6-7-15(24)25)18(28)23-8-4-5-14(23)17(27)21-11(3)19(29)30/h10-14H,4-9,20H2,1-3H3,(H,21,27)(H,22,26)(H,24,25)(H,29,30). The number of carboxylic acid groups (broad SMARTS) is 2. The van der Waals surface area contributed by atoms with Gasteiger partial charge in [-0.15, -0.1) is 0 Å². The van der Waals surface area contributed by atoms with E-state index in [9.17, 15) is 24.0 Å². The Morgan fingerprint density at radius 1 is 1.10 bits per heavy atom. The second-order valence-electron chi connectivity index (χ2n) is 7.99. The van der Waals surface area contributed by atoms with Gasteiger partial charge in [-0.1, -0.05) is 13.8 Å². The van der Waals surface area contributed by atoms with Crippen LogP contribution in [-0.4, -0.2) is 75.5 Å². The molecule has 1 heterocycles. The quantitative estimate of drug-likeness (QED) is 0.286. The molecule has 4 atom stereocenters. The highest BCUT2D eigenvalue weighted by molar-refractivity contribution is 5.94. The average molecular weight is 428 g/mol. The Hall–Kier alpha value is -2.69. The molecule has 0 aromatic rings. The van der Waals surface area contributed by atoms with E-state index in [-0.39, 0.29) is 18.8 Å². The van der Waals surface area contributed by atoms with Crippen LogP contribution in [0.1, 0.15) is 52.9 Å². The zero-order chi connectivity index (χ0) is 23.0. The molecule has 1 saturated heterocycles. The number of rotatable bonds is 11. The van der Waals surface area contributed by atoms with Crippen LogP contribution in [0.2, 0.25) is 0 Å². The maximum absolute atomic E-state index is 13.1. The SMILES string of the molecule is CC(C)CC(NC(=O)C(N)CCC(=O)O)C(=O)N1CCCC1C(=O)NC(C)C(=O)O. The lowest BCUT2D eigenvalue weighted by Crippen LogP contribution is -2.56. The topological polar surface area (TPSA) is 179 Å². The smallest absolute Gasteiger partial charge is 0.325 e. The first-order valence-electron chi connectivity index (χ1n) is 10.0. The van der Waals surface area contributed by atoms with Crippen LogP contribution >= 0.6 is 0 Å². The van der Waals surface area contributed by atoms with Crippen molar-refractivity contribution in [2.24, 2.45) is 11.7 Å². The Balaban J connectivity index is 2.87. The summed E-state index contributed by atoms with van der Waals surface area (Å²) in [6.07, 6.45) is 0.946. The monoisotopic (exact) mass is 428 g/mol. The van der Waals surface area contributed by atoms with Crippen LogP contribution in [0.3, 0.4) is 0 Å². The first kappa shape index (κ1) is 25.3. The minimum Gasteiger partial charge on any atom is -0.481 e. The van der Waals surface area contributed by atoms with Crippen molar-refractivity contribution in [1.29, 1.82) is 0 Å². The summed E-state index contributed by atoms with van der Waals surface area (Å²) in [5.74, 6) is -3.83. The van der Waals surface area contributed by atoms with Crippen molar-refractivity contribution in [3.05, 3.63) is 0 Å². The van der Waals surface area contributed by atoms with Crippen LogP contribution in [0.5, 0.6) is 0 Å². The van der Waals surface area contributed by atoms with Crippen molar-refractivity contribution in [1.82, 2.24) is 15.5 Å². The normalized spacial score (nSPS) is 19.1. The van der Waals surface area contributed by atoms with Crippen molar-refractivity contribution < 1.29 is 34.2 Å². The molecular weight excluding hydrogens is 396 g/mol. The zero-order valence-corrected chi connectivity index (χ0v) is 17.6. The molecule has 4 unspecified atom stereocenters. The highest BCUT2D eigenvalue weighted by Gasteiger charge is 2.38. The van der Waals surface area contributed by atoms with Gasteiger partial charge in [0.2, 0.25) is 17.7 Å². The number of hydrogen-bond acceptors (Lipinski definition) is 6. The number of nitrogens with two attached hydrogens (primary N) is 1. The molecule has 3 amide bonds. The predicted molar refractivity (Wildman–Crippen MR) is 106 cm³/mol. The van der Waals surface area contributed by atoms with Gasteiger partial charge in [-0.3, -0.25) is 24.0 Å². The van der Waals surface area contributed by atoms with Crippen molar-refractivity contribution in [3.8, 4) is 0 Å². The lowest BCUT2D eigenvalue weighted by Gasteiger charge is -2.30. The molecule has 0 spiro atoms. The maximum Gasteiger partial charge on any atom is 0.325 e. The molecule has 1 aliphatic heterocycles. The van der Waals surface area contributed by atoms with Crippen LogP contribution in [0.15, 0.2) is 0 Å². The first-order valence-corrected chi connectivity index (χ1v) is 10.0. The second-order valence-corrected chi connectivity index (χ2v) is 7.99. The van der Waals surface area contributed by atoms with Crippen molar-refractivity contribution in [2.75, 3.05) is 6.54 Å². The number of amides is 3. The van der Waals surface area contributed by atoms with Gasteiger partial charge in [0, 0.05) is 13.0 Å². The van der Waals surface area contributed by atoms with Gasteiger partial charge in [0.25, 0.3) is 0 Å². The number of nitrogens with zero attached hydrogens (tertiary/aromatic N) is 1. The summed E-state index contributed by atoms with van der Waals surface area (Å²) in [5.41, 5.74) is 5.74. The first-order chi connectivity index (χ1) is 13.9. The number of carbonyl (C=O) groups excluding carboxylic acids is 3. The van der Waals surface area contributed by atoms with Gasteiger partial charge < -0.3 is 31.5 Å². The molecule has 0 radical (unpaired) electrons. The molecule has 30 heavy (non-hydrogen) atoms. The molecule has 1 aliphatic rings. The minimum atomic E-state index is -1.18. The highest BCUT2D eigenvalue weighted by Crippen LogP contribution is 2.20. The molecule has 6 N–H and O–H groups in total. The Labute approximate surface area is 175 Å². The summed E-state index contributed by atoms with van der Waals surface area (Å²) < 4.78 is 0. The summed E-state index contributed by atoms with van der Waals surface area (Å²) in [6, 6.07) is -3.89. The van der Waals surface area contributed by atoms with Crippen molar-refractivity contribution in [3.63, 3.8) is 0 Å². The van der Waals surface area contributed by atoms with Crippen LogP contribution in [0, 0.1) is 5.92 Å². The number of aliphatic carboxylic acids is 2. The number of carboxylic acids is 2. The Morgan fingerprint density at radius 2 is 1.73 bits per heavy atom. The molecule has 0 aliphatic carbocycles. The van der Waals surface area contributed by atoms with Crippen LogP contribution in [0.25, 0.3) is 0 Å². The van der Waals surface area contributed by atoms with Gasteiger partial charge in [0.05, 0.1) is 6.04 Å². The van der Waals surface area contributed by atoms with E-state index in [1.807, 2.05) is 13.8 Å². The van der Waals surface area contributed by atoms with Gasteiger partial charge in [-0.2, -0.15) is 0 Å². The third kappa shape index (κ3) is 7.62. The summed E-state index contributed by atoms with van der Waals surface area (Å²) >= 11 is 0. The lowest BCUT2D eigenvalue weighted by molar-refractivity contribution is -0.144. The summed E-state index contributed by atoms with van der Waals surface area (Å²) in [4.78, 5) is 61.0. The molecule has 1 fully saturated rings. The maximum atomic E-state index is 13.1. The number of nitrogens with one attached hydrogen (secondary N) is 2. The predicted octanol–water partition coefficient (Wildman–Crippen LogP) is -0.710. The molecule has 11 heteroatoms. The molecule has 0 bridgehead atoms. The summed E-state index contributed by atoms with van der Waals surface area (Å²) in [6.45, 7) is 5.40. The molecule has 0 aromatic carbocycles. The van der Waals surface area contributed by atoms with Gasteiger partial charge in [0.15, 0.2) is 0 Å². The molecule has 11 nitrogen and oxygen atoms in total. The third-order valence-corrected chi connectivity index (χ3v) is 4.90. The van der Waals surface area contributed by atoms with E-state index in [4.69, 9.17) is 15.9 Å². The molecule has 170 valence electrons. The average Bonchev–Trinajstić information content (AvgIpc) is 3.14. The van der Waals surface area contributed by atoms with E-state index in [1.165, 1.54) is 11.8 Å². The summed E-state index contributed by atoms with van der Waals surface area (Å²) in [7, 11) is 0. The summed E-state index contributed by atoms with van der Waals surface area (Å²) in [5, 5.41) is 22.7.